The lowest BCUT2D eigenvalue weighted by Gasteiger charge is -2.06. The number of fused-ring (bicyclic) bond motifs is 2. The molecular formula is C27H32. The fraction of sp³-hybridized carbons (Fsp3) is 0.259. The molecule has 0 nitrogen and oxygen atoms in total. The molecule has 0 aliphatic heterocycles. The van der Waals surface area contributed by atoms with E-state index in [9.17, 15) is 0 Å². The summed E-state index contributed by atoms with van der Waals surface area (Å²) >= 11 is 0. The molecule has 0 saturated heterocycles. The highest BCUT2D eigenvalue weighted by molar-refractivity contribution is 5.84. The van der Waals surface area contributed by atoms with Crippen LogP contribution < -0.4 is 0 Å². The quantitative estimate of drug-likeness (QED) is 0.321. The summed E-state index contributed by atoms with van der Waals surface area (Å²) in [5.41, 5.74) is 4.07. The van der Waals surface area contributed by atoms with Gasteiger partial charge in [-0.2, -0.15) is 0 Å². The Morgan fingerprint density at radius 3 is 1.48 bits per heavy atom. The van der Waals surface area contributed by atoms with Gasteiger partial charge in [0.2, 0.25) is 0 Å². The molecule has 0 saturated carbocycles. The predicted octanol–water partition coefficient (Wildman–Crippen LogP) is 8.45. The number of benzene rings is 4. The van der Waals surface area contributed by atoms with Gasteiger partial charge in [-0.3, -0.25) is 0 Å². The Bertz CT molecular complexity index is 952. The van der Waals surface area contributed by atoms with Gasteiger partial charge in [0.25, 0.3) is 0 Å². The average molecular weight is 357 g/mol. The molecule has 0 heterocycles. The second-order valence-electron chi connectivity index (χ2n) is 7.12. The highest BCUT2D eigenvalue weighted by Gasteiger charge is 1.99. The second kappa shape index (κ2) is 9.92. The summed E-state index contributed by atoms with van der Waals surface area (Å²) in [6.45, 7) is 12.7. The number of hydrogen-bond acceptors (Lipinski definition) is 0. The van der Waals surface area contributed by atoms with Gasteiger partial charge in [-0.15, -0.1) is 0 Å². The molecule has 140 valence electrons. The molecule has 0 amide bonds. The highest BCUT2D eigenvalue weighted by Crippen LogP contribution is 2.20. The zero-order valence-electron chi connectivity index (χ0n) is 17.6. The Kier molecular flexibility index (Phi) is 7.61. The molecule has 0 N–H and O–H groups in total. The van der Waals surface area contributed by atoms with Crippen LogP contribution in [0.1, 0.15) is 50.3 Å². The van der Waals surface area contributed by atoms with Gasteiger partial charge >= 0.3 is 0 Å². The van der Waals surface area contributed by atoms with E-state index in [0.717, 1.165) is 0 Å². The van der Waals surface area contributed by atoms with E-state index in [1.165, 1.54) is 38.2 Å². The summed E-state index contributed by atoms with van der Waals surface area (Å²) < 4.78 is 0. The van der Waals surface area contributed by atoms with Gasteiger partial charge in [0.15, 0.2) is 0 Å². The molecule has 0 heteroatoms. The van der Waals surface area contributed by atoms with E-state index in [2.05, 4.69) is 107 Å². The molecule has 0 atom stereocenters. The van der Waals surface area contributed by atoms with Crippen LogP contribution in [0.25, 0.3) is 21.5 Å². The Hall–Kier alpha value is -2.60. The van der Waals surface area contributed by atoms with E-state index in [4.69, 9.17) is 0 Å². The van der Waals surface area contributed by atoms with Crippen molar-refractivity contribution in [1.82, 2.24) is 0 Å². The fourth-order valence-electron chi connectivity index (χ4n) is 3.05. The molecule has 27 heavy (non-hydrogen) atoms. The van der Waals surface area contributed by atoms with Crippen LogP contribution in [0.3, 0.4) is 0 Å². The van der Waals surface area contributed by atoms with Gasteiger partial charge < -0.3 is 0 Å². The van der Waals surface area contributed by atoms with Crippen LogP contribution in [-0.4, -0.2) is 0 Å². The van der Waals surface area contributed by atoms with Gasteiger partial charge in [-0.25, -0.2) is 0 Å². The van der Waals surface area contributed by atoms with Crippen LogP contribution >= 0.6 is 0 Å². The van der Waals surface area contributed by atoms with Gasteiger partial charge in [0.05, 0.1) is 0 Å². The van der Waals surface area contributed by atoms with Crippen molar-refractivity contribution < 1.29 is 0 Å². The fourth-order valence-corrected chi connectivity index (χ4v) is 3.05. The maximum absolute atomic E-state index is 2.28. The largest absolute Gasteiger partial charge is 0.0683 e. The first kappa shape index (κ1) is 20.7. The second-order valence-corrected chi connectivity index (χ2v) is 7.12. The summed E-state index contributed by atoms with van der Waals surface area (Å²) in [7, 11) is 0. The molecule has 0 unspecified atom stereocenters. The molecule has 0 bridgehead atoms. The first-order valence-electron chi connectivity index (χ1n) is 9.98. The van der Waals surface area contributed by atoms with Gasteiger partial charge in [-0.05, 0) is 46.9 Å². The van der Waals surface area contributed by atoms with Crippen molar-refractivity contribution in [3.05, 3.63) is 95.6 Å². The number of aryl methyl sites for hydroxylation is 2. The van der Waals surface area contributed by atoms with Crippen molar-refractivity contribution in [2.24, 2.45) is 0 Å². The van der Waals surface area contributed by atoms with Gasteiger partial charge in [0.1, 0.15) is 0 Å². The number of hydrogen-bond donors (Lipinski definition) is 0. The minimum Gasteiger partial charge on any atom is -0.0683 e. The van der Waals surface area contributed by atoms with E-state index < -0.39 is 0 Å². The smallest absolute Gasteiger partial charge is 0.0181 e. The van der Waals surface area contributed by atoms with Crippen molar-refractivity contribution in [1.29, 1.82) is 0 Å². The van der Waals surface area contributed by atoms with E-state index in [0.29, 0.717) is 5.92 Å². The standard InChI is InChI=1S/C13H14.C12H12.C2H6/c1-10(2)12-8-7-11-5-3-4-6-13(11)9-12;1-9-3-5-12-8-10(2)4-6-11(12)7-9;1-2/h3-10H,1-2H3;3-8H,1-2H3;1-2H3. The van der Waals surface area contributed by atoms with Crippen LogP contribution in [0, 0.1) is 13.8 Å². The SMILES string of the molecule is CC.CC(C)c1ccc2ccccc2c1.Cc1ccc2cc(C)ccc2c1. The van der Waals surface area contributed by atoms with E-state index in [-0.39, 0.29) is 0 Å². The lowest BCUT2D eigenvalue weighted by Crippen LogP contribution is -1.85. The third-order valence-electron chi connectivity index (χ3n) is 4.59. The van der Waals surface area contributed by atoms with Crippen molar-refractivity contribution in [3.63, 3.8) is 0 Å². The molecule has 4 aromatic rings. The first-order chi connectivity index (χ1) is 13.0. The molecule has 0 aliphatic rings. The minimum atomic E-state index is 0.615. The molecule has 0 spiro atoms. The van der Waals surface area contributed by atoms with Crippen molar-refractivity contribution >= 4 is 21.5 Å². The van der Waals surface area contributed by atoms with Gasteiger partial charge in [0, 0.05) is 0 Å². The first-order valence-corrected chi connectivity index (χ1v) is 9.98. The molecule has 0 aromatic heterocycles. The zero-order chi connectivity index (χ0) is 19.8. The summed E-state index contributed by atoms with van der Waals surface area (Å²) in [5.74, 6) is 0.615. The maximum atomic E-state index is 2.28. The number of rotatable bonds is 1. The molecule has 0 aliphatic carbocycles. The molecule has 0 radical (unpaired) electrons. The summed E-state index contributed by atoms with van der Waals surface area (Å²) in [4.78, 5) is 0. The Labute approximate surface area is 164 Å². The Morgan fingerprint density at radius 2 is 0.963 bits per heavy atom. The highest BCUT2D eigenvalue weighted by atomic mass is 14.0. The van der Waals surface area contributed by atoms with Crippen molar-refractivity contribution in [2.75, 3.05) is 0 Å². The van der Waals surface area contributed by atoms with Crippen LogP contribution in [0.5, 0.6) is 0 Å². The monoisotopic (exact) mass is 356 g/mol. The van der Waals surface area contributed by atoms with Crippen molar-refractivity contribution in [3.8, 4) is 0 Å². The van der Waals surface area contributed by atoms with Crippen molar-refractivity contribution in [2.45, 2.75) is 47.5 Å². The van der Waals surface area contributed by atoms with Crippen LogP contribution in [0.2, 0.25) is 0 Å². The predicted molar refractivity (Wildman–Crippen MR) is 123 cm³/mol. The van der Waals surface area contributed by atoms with Crippen LogP contribution in [-0.2, 0) is 0 Å². The normalized spacial score (nSPS) is 10.2. The average Bonchev–Trinajstić information content (AvgIpc) is 2.70. The van der Waals surface area contributed by atoms with Crippen LogP contribution in [0.15, 0.2) is 78.9 Å². The van der Waals surface area contributed by atoms with E-state index >= 15 is 0 Å². The maximum Gasteiger partial charge on any atom is -0.0181 e. The lowest BCUT2D eigenvalue weighted by atomic mass is 9.99. The van der Waals surface area contributed by atoms with Gasteiger partial charge in [-0.1, -0.05) is 118 Å². The van der Waals surface area contributed by atoms with E-state index in [1.54, 1.807) is 0 Å². The topological polar surface area (TPSA) is 0 Å². The summed E-state index contributed by atoms with van der Waals surface area (Å²) in [6, 6.07) is 28.3. The molecule has 0 fully saturated rings. The lowest BCUT2D eigenvalue weighted by molar-refractivity contribution is 0.869. The third-order valence-corrected chi connectivity index (χ3v) is 4.59. The zero-order valence-corrected chi connectivity index (χ0v) is 17.6. The summed E-state index contributed by atoms with van der Waals surface area (Å²) in [5, 5.41) is 5.34. The molecular weight excluding hydrogens is 324 g/mol. The Morgan fingerprint density at radius 1 is 0.519 bits per heavy atom. The minimum absolute atomic E-state index is 0.615. The molecule has 4 rings (SSSR count). The molecule has 4 aromatic carbocycles. The van der Waals surface area contributed by atoms with E-state index in [1.807, 2.05) is 13.8 Å². The van der Waals surface area contributed by atoms with Crippen LogP contribution in [0.4, 0.5) is 0 Å². The summed E-state index contributed by atoms with van der Waals surface area (Å²) in [6.07, 6.45) is 0. The third kappa shape index (κ3) is 5.69. The Balaban J connectivity index is 0.000000178.